The van der Waals surface area contributed by atoms with Crippen molar-refractivity contribution in [3.8, 4) is 67.3 Å². The third kappa shape index (κ3) is 5.48. The zero-order valence-electron chi connectivity index (χ0n) is 31.9. The third-order valence-electron chi connectivity index (χ3n) is 12.0. The summed E-state index contributed by atoms with van der Waals surface area (Å²) in [5.41, 5.74) is 15.2. The number of rotatable bonds is 5. The molecule has 57 heavy (non-hydrogen) atoms. The van der Waals surface area contributed by atoms with Crippen LogP contribution < -0.4 is 0 Å². The minimum Gasteiger partial charge on any atom is -0.228 e. The Balaban J connectivity index is 1.04. The van der Waals surface area contributed by atoms with Gasteiger partial charge in [0.1, 0.15) is 0 Å². The van der Waals surface area contributed by atoms with E-state index in [0.29, 0.717) is 5.82 Å². The van der Waals surface area contributed by atoms with Crippen LogP contribution in [0.4, 0.5) is 0 Å². The van der Waals surface area contributed by atoms with E-state index in [1.807, 2.05) is 18.2 Å². The smallest absolute Gasteiger partial charge is 0.160 e. The van der Waals surface area contributed by atoms with Crippen molar-refractivity contribution < 1.29 is 0 Å². The lowest BCUT2D eigenvalue weighted by Gasteiger charge is -2.25. The fraction of sp³-hybridized carbons (Fsp3) is 0.0545. The second-order valence-electron chi connectivity index (χ2n) is 15.8. The molecule has 1 aliphatic carbocycles. The van der Waals surface area contributed by atoms with E-state index in [1.165, 1.54) is 71.4 Å². The molecule has 0 spiro atoms. The van der Waals surface area contributed by atoms with E-state index in [-0.39, 0.29) is 5.41 Å². The fourth-order valence-electron chi connectivity index (χ4n) is 9.23. The van der Waals surface area contributed by atoms with Gasteiger partial charge in [0.05, 0.1) is 11.4 Å². The van der Waals surface area contributed by atoms with Crippen LogP contribution in [-0.2, 0) is 5.41 Å². The predicted molar refractivity (Wildman–Crippen MR) is 239 cm³/mol. The molecule has 0 unspecified atom stereocenters. The lowest BCUT2D eigenvalue weighted by molar-refractivity contribution is 0.663. The maximum Gasteiger partial charge on any atom is 0.160 e. The Kier molecular flexibility index (Phi) is 7.55. The van der Waals surface area contributed by atoms with Gasteiger partial charge in [-0.1, -0.05) is 178 Å². The van der Waals surface area contributed by atoms with Gasteiger partial charge in [-0.3, -0.25) is 0 Å². The molecule has 2 nitrogen and oxygen atoms in total. The van der Waals surface area contributed by atoms with Crippen molar-refractivity contribution in [1.82, 2.24) is 9.97 Å². The van der Waals surface area contributed by atoms with E-state index in [2.05, 4.69) is 190 Å². The summed E-state index contributed by atoms with van der Waals surface area (Å²) in [4.78, 5) is 10.4. The number of hydrogen-bond acceptors (Lipinski definition) is 2. The molecule has 1 aromatic heterocycles. The highest BCUT2D eigenvalue weighted by Crippen LogP contribution is 2.53. The monoisotopic (exact) mass is 726 g/mol. The molecule has 0 radical (unpaired) electrons. The van der Waals surface area contributed by atoms with Crippen LogP contribution in [0.5, 0.6) is 0 Å². The minimum atomic E-state index is -0.141. The van der Waals surface area contributed by atoms with Gasteiger partial charge in [0.25, 0.3) is 0 Å². The van der Waals surface area contributed by atoms with E-state index in [4.69, 9.17) is 9.97 Å². The Morgan fingerprint density at radius 1 is 0.333 bits per heavy atom. The Bertz CT molecular complexity index is 3210. The molecule has 10 aromatic rings. The normalized spacial score (nSPS) is 12.9. The Morgan fingerprint density at radius 2 is 0.912 bits per heavy atom. The standard InChI is InChI=1S/C55H38N2/c1-55(2)50-33-39-19-9-8-18-38(39)32-49(50)48-25-13-24-44(53(48)55)41-21-12-20-40(31-41)43-28-29-47(46-23-11-10-22-45(43)46)52-34-51(56-54(57-52)36-15-4-3-5-16-36)42-27-26-35-14-6-7-17-37(35)30-42/h3-34H,1-2H3. The molecule has 9 aromatic carbocycles. The van der Waals surface area contributed by atoms with Crippen LogP contribution in [0.2, 0.25) is 0 Å². The third-order valence-corrected chi connectivity index (χ3v) is 12.0. The summed E-state index contributed by atoms with van der Waals surface area (Å²) >= 11 is 0. The molecule has 0 saturated heterocycles. The van der Waals surface area contributed by atoms with Gasteiger partial charge < -0.3 is 0 Å². The Hall–Kier alpha value is -7.16. The van der Waals surface area contributed by atoms with Gasteiger partial charge in [-0.15, -0.1) is 0 Å². The van der Waals surface area contributed by atoms with Crippen LogP contribution in [-0.4, -0.2) is 9.97 Å². The lowest BCUT2D eigenvalue weighted by atomic mass is 9.78. The van der Waals surface area contributed by atoms with E-state index >= 15 is 0 Å². The Labute approximate surface area is 332 Å². The molecule has 0 saturated carbocycles. The van der Waals surface area contributed by atoms with Crippen molar-refractivity contribution in [2.75, 3.05) is 0 Å². The summed E-state index contributed by atoms with van der Waals surface area (Å²) in [6.45, 7) is 4.77. The first kappa shape index (κ1) is 33.2. The quantitative estimate of drug-likeness (QED) is 0.176. The summed E-state index contributed by atoms with van der Waals surface area (Å²) in [6.07, 6.45) is 0. The second-order valence-corrected chi connectivity index (χ2v) is 15.8. The molecule has 0 fully saturated rings. The Morgan fingerprint density at radius 3 is 1.70 bits per heavy atom. The van der Waals surface area contributed by atoms with Gasteiger partial charge in [-0.05, 0) is 107 Å². The SMILES string of the molecule is CC1(C)c2cc3ccccc3cc2-c2cccc(-c3cccc(-c4ccc(-c5cc(-c6ccc7ccccc7c6)nc(-c6ccccc6)n5)c5ccccc45)c3)c21. The molecular weight excluding hydrogens is 689 g/mol. The number of fused-ring (bicyclic) bond motifs is 6. The molecule has 1 heterocycles. The largest absolute Gasteiger partial charge is 0.228 e. The van der Waals surface area contributed by atoms with Crippen molar-refractivity contribution in [1.29, 1.82) is 0 Å². The summed E-state index contributed by atoms with van der Waals surface area (Å²) in [5.74, 6) is 0.714. The first-order chi connectivity index (χ1) is 28.0. The van der Waals surface area contributed by atoms with Crippen molar-refractivity contribution in [3.63, 3.8) is 0 Å². The molecule has 268 valence electrons. The molecule has 2 heteroatoms. The van der Waals surface area contributed by atoms with Crippen LogP contribution in [0, 0.1) is 0 Å². The molecule has 0 aliphatic heterocycles. The van der Waals surface area contributed by atoms with Gasteiger partial charge in [-0.2, -0.15) is 0 Å². The van der Waals surface area contributed by atoms with Crippen LogP contribution in [0.1, 0.15) is 25.0 Å². The lowest BCUT2D eigenvalue weighted by Crippen LogP contribution is -2.16. The molecule has 0 N–H and O–H groups in total. The average molecular weight is 727 g/mol. The van der Waals surface area contributed by atoms with Gasteiger partial charge in [-0.25, -0.2) is 9.97 Å². The summed E-state index contributed by atoms with van der Waals surface area (Å²) < 4.78 is 0. The van der Waals surface area contributed by atoms with Crippen molar-refractivity contribution >= 4 is 32.3 Å². The van der Waals surface area contributed by atoms with E-state index < -0.39 is 0 Å². The first-order valence-corrected chi connectivity index (χ1v) is 19.7. The van der Waals surface area contributed by atoms with E-state index in [1.54, 1.807) is 0 Å². The molecule has 11 rings (SSSR count). The fourth-order valence-corrected chi connectivity index (χ4v) is 9.23. The van der Waals surface area contributed by atoms with Crippen molar-refractivity contribution in [2.24, 2.45) is 0 Å². The molecule has 0 amide bonds. The highest BCUT2D eigenvalue weighted by atomic mass is 14.9. The highest BCUT2D eigenvalue weighted by molar-refractivity contribution is 6.05. The number of aromatic nitrogens is 2. The molecule has 1 aliphatic rings. The van der Waals surface area contributed by atoms with Gasteiger partial charge >= 0.3 is 0 Å². The summed E-state index contributed by atoms with van der Waals surface area (Å²) in [6, 6.07) is 70.2. The zero-order chi connectivity index (χ0) is 38.1. The predicted octanol–water partition coefficient (Wildman–Crippen LogP) is 14.6. The van der Waals surface area contributed by atoms with Crippen molar-refractivity contribution in [3.05, 3.63) is 205 Å². The number of nitrogens with zero attached hydrogens (tertiary/aromatic N) is 2. The van der Waals surface area contributed by atoms with Crippen LogP contribution in [0.3, 0.4) is 0 Å². The second kappa shape index (κ2) is 13.0. The minimum absolute atomic E-state index is 0.141. The number of benzene rings is 9. The van der Waals surface area contributed by atoms with Gasteiger partial charge in [0.2, 0.25) is 0 Å². The topological polar surface area (TPSA) is 25.8 Å². The highest BCUT2D eigenvalue weighted by Gasteiger charge is 2.37. The summed E-state index contributed by atoms with van der Waals surface area (Å²) in [7, 11) is 0. The van der Waals surface area contributed by atoms with E-state index in [0.717, 1.165) is 33.5 Å². The van der Waals surface area contributed by atoms with Crippen LogP contribution in [0.15, 0.2) is 194 Å². The molecule has 0 bridgehead atoms. The summed E-state index contributed by atoms with van der Waals surface area (Å²) in [5, 5.41) is 7.33. The van der Waals surface area contributed by atoms with Crippen LogP contribution in [0.25, 0.3) is 99.6 Å². The van der Waals surface area contributed by atoms with E-state index in [9.17, 15) is 0 Å². The van der Waals surface area contributed by atoms with Gasteiger partial charge in [0, 0.05) is 22.1 Å². The van der Waals surface area contributed by atoms with Crippen molar-refractivity contribution in [2.45, 2.75) is 19.3 Å². The first-order valence-electron chi connectivity index (χ1n) is 19.7. The maximum atomic E-state index is 5.24. The average Bonchev–Trinajstić information content (AvgIpc) is 3.50. The maximum absolute atomic E-state index is 5.24. The zero-order valence-corrected chi connectivity index (χ0v) is 31.9. The molecular formula is C55H38N2. The van der Waals surface area contributed by atoms with Gasteiger partial charge in [0.15, 0.2) is 5.82 Å². The van der Waals surface area contributed by atoms with Crippen LogP contribution >= 0.6 is 0 Å². The molecule has 0 atom stereocenters. The number of hydrogen-bond donors (Lipinski definition) is 0.